The van der Waals surface area contributed by atoms with Gasteiger partial charge in [0, 0.05) is 6.26 Å². The standard InChI is InChI=1S/C24H27NO4S/c1-4-22(18-11-14-21(15-12-18)30(3,27)28)25-24(26)23(5-2)29-20-13-10-17-8-6-7-9-19(17)16-20/h6-16,22-23H,4-5H2,1-3H3,(H,25,26)/t22-,23+/m1/s1. The first kappa shape index (κ1) is 21.8. The van der Waals surface area contributed by atoms with Crippen molar-refractivity contribution in [3.05, 3.63) is 72.3 Å². The summed E-state index contributed by atoms with van der Waals surface area (Å²) in [6.07, 6.45) is 1.77. The van der Waals surface area contributed by atoms with Gasteiger partial charge in [-0.1, -0.05) is 56.3 Å². The Hall–Kier alpha value is -2.86. The van der Waals surface area contributed by atoms with Gasteiger partial charge in [-0.2, -0.15) is 0 Å². The van der Waals surface area contributed by atoms with Crippen LogP contribution in [0.5, 0.6) is 5.75 Å². The van der Waals surface area contributed by atoms with E-state index in [9.17, 15) is 13.2 Å². The van der Waals surface area contributed by atoms with Crippen LogP contribution >= 0.6 is 0 Å². The minimum atomic E-state index is -3.25. The number of nitrogens with one attached hydrogen (secondary N) is 1. The number of sulfone groups is 1. The van der Waals surface area contributed by atoms with Crippen molar-refractivity contribution in [3.8, 4) is 5.75 Å². The van der Waals surface area contributed by atoms with Crippen molar-refractivity contribution in [1.82, 2.24) is 5.32 Å². The molecule has 3 aromatic carbocycles. The molecule has 30 heavy (non-hydrogen) atoms. The van der Waals surface area contributed by atoms with Crippen LogP contribution in [0.3, 0.4) is 0 Å². The lowest BCUT2D eigenvalue weighted by Gasteiger charge is -2.22. The number of hydrogen-bond donors (Lipinski definition) is 1. The summed E-state index contributed by atoms with van der Waals surface area (Å²) in [5, 5.41) is 5.21. The van der Waals surface area contributed by atoms with E-state index in [1.807, 2.05) is 56.3 Å². The number of hydrogen-bond acceptors (Lipinski definition) is 4. The molecule has 1 amide bonds. The number of carbonyl (C=O) groups excluding carboxylic acids is 1. The average Bonchev–Trinajstić information content (AvgIpc) is 2.75. The van der Waals surface area contributed by atoms with Crippen molar-refractivity contribution >= 4 is 26.5 Å². The van der Waals surface area contributed by atoms with Gasteiger partial charge >= 0.3 is 0 Å². The highest BCUT2D eigenvalue weighted by Crippen LogP contribution is 2.23. The molecule has 0 unspecified atom stereocenters. The van der Waals surface area contributed by atoms with E-state index in [-0.39, 0.29) is 16.8 Å². The van der Waals surface area contributed by atoms with Crippen molar-refractivity contribution in [2.75, 3.05) is 6.26 Å². The Morgan fingerprint density at radius 3 is 2.20 bits per heavy atom. The molecule has 3 rings (SSSR count). The number of benzene rings is 3. The SMILES string of the molecule is CC[C@H](Oc1ccc2ccccc2c1)C(=O)N[C@H](CC)c1ccc(S(C)(=O)=O)cc1. The molecule has 5 nitrogen and oxygen atoms in total. The maximum absolute atomic E-state index is 12.9. The quantitative estimate of drug-likeness (QED) is 0.569. The van der Waals surface area contributed by atoms with Gasteiger partial charge in [0.05, 0.1) is 10.9 Å². The molecule has 0 aromatic heterocycles. The van der Waals surface area contributed by atoms with E-state index in [0.29, 0.717) is 18.6 Å². The molecule has 2 atom stereocenters. The van der Waals surface area contributed by atoms with E-state index >= 15 is 0 Å². The topological polar surface area (TPSA) is 72.5 Å². The van der Waals surface area contributed by atoms with Crippen molar-refractivity contribution in [1.29, 1.82) is 0 Å². The molecular formula is C24H27NO4S. The smallest absolute Gasteiger partial charge is 0.261 e. The van der Waals surface area contributed by atoms with Gasteiger partial charge in [-0.25, -0.2) is 8.42 Å². The van der Waals surface area contributed by atoms with Crippen LogP contribution in [0.4, 0.5) is 0 Å². The lowest BCUT2D eigenvalue weighted by Crippen LogP contribution is -2.39. The molecule has 0 bridgehead atoms. The monoisotopic (exact) mass is 425 g/mol. The van der Waals surface area contributed by atoms with Crippen LogP contribution in [0.2, 0.25) is 0 Å². The Morgan fingerprint density at radius 1 is 0.933 bits per heavy atom. The summed E-state index contributed by atoms with van der Waals surface area (Å²) in [6.45, 7) is 3.88. The third kappa shape index (κ3) is 5.19. The molecule has 0 saturated carbocycles. The Kier molecular flexibility index (Phi) is 6.77. The van der Waals surface area contributed by atoms with E-state index in [0.717, 1.165) is 16.3 Å². The van der Waals surface area contributed by atoms with E-state index in [1.165, 1.54) is 6.26 Å². The third-order valence-electron chi connectivity index (χ3n) is 5.10. The maximum Gasteiger partial charge on any atom is 0.261 e. The van der Waals surface area contributed by atoms with Crippen LogP contribution in [-0.4, -0.2) is 26.7 Å². The van der Waals surface area contributed by atoms with Gasteiger partial charge in [-0.15, -0.1) is 0 Å². The first-order chi connectivity index (χ1) is 14.3. The lowest BCUT2D eigenvalue weighted by molar-refractivity contribution is -0.128. The molecule has 6 heteroatoms. The molecule has 158 valence electrons. The fourth-order valence-corrected chi connectivity index (χ4v) is 3.99. The summed E-state index contributed by atoms with van der Waals surface area (Å²) in [6, 6.07) is 20.2. The fraction of sp³-hybridized carbons (Fsp3) is 0.292. The van der Waals surface area contributed by atoms with Crippen molar-refractivity contribution in [2.24, 2.45) is 0 Å². The second-order valence-corrected chi connectivity index (χ2v) is 9.35. The predicted octanol–water partition coefficient (Wildman–Crippen LogP) is 4.67. The van der Waals surface area contributed by atoms with E-state index in [1.54, 1.807) is 24.3 Å². The first-order valence-electron chi connectivity index (χ1n) is 10.1. The lowest BCUT2D eigenvalue weighted by atomic mass is 10.0. The number of rotatable bonds is 8. The molecule has 0 spiro atoms. The minimum Gasteiger partial charge on any atom is -0.481 e. The normalized spacial score (nSPS) is 13.6. The summed E-state index contributed by atoms with van der Waals surface area (Å²) >= 11 is 0. The fourth-order valence-electron chi connectivity index (χ4n) is 3.36. The predicted molar refractivity (Wildman–Crippen MR) is 119 cm³/mol. The largest absolute Gasteiger partial charge is 0.481 e. The van der Waals surface area contributed by atoms with E-state index in [2.05, 4.69) is 5.32 Å². The van der Waals surface area contributed by atoms with E-state index < -0.39 is 15.9 Å². The van der Waals surface area contributed by atoms with Crippen molar-refractivity contribution in [3.63, 3.8) is 0 Å². The highest BCUT2D eigenvalue weighted by molar-refractivity contribution is 7.90. The summed E-state index contributed by atoms with van der Waals surface area (Å²) in [5.41, 5.74) is 0.860. The van der Waals surface area contributed by atoms with Gasteiger partial charge in [0.1, 0.15) is 5.75 Å². The van der Waals surface area contributed by atoms with Gasteiger partial charge in [0.25, 0.3) is 5.91 Å². The molecule has 0 aliphatic rings. The van der Waals surface area contributed by atoms with Gasteiger partial charge in [0.15, 0.2) is 15.9 Å². The number of amides is 1. The van der Waals surface area contributed by atoms with E-state index in [4.69, 9.17) is 4.74 Å². The van der Waals surface area contributed by atoms with Crippen LogP contribution < -0.4 is 10.1 Å². The van der Waals surface area contributed by atoms with Crippen molar-refractivity contribution in [2.45, 2.75) is 43.7 Å². The van der Waals surface area contributed by atoms with Crippen molar-refractivity contribution < 1.29 is 17.9 Å². The molecule has 0 radical (unpaired) electrons. The number of fused-ring (bicyclic) bond motifs is 1. The molecule has 3 aromatic rings. The maximum atomic E-state index is 12.9. The van der Waals surface area contributed by atoms with Crippen LogP contribution in [0.25, 0.3) is 10.8 Å². The van der Waals surface area contributed by atoms with Gasteiger partial charge < -0.3 is 10.1 Å². The van der Waals surface area contributed by atoms with Gasteiger partial charge in [-0.3, -0.25) is 4.79 Å². The molecule has 0 aliphatic heterocycles. The highest BCUT2D eigenvalue weighted by Gasteiger charge is 2.22. The molecular weight excluding hydrogens is 398 g/mol. The zero-order valence-electron chi connectivity index (χ0n) is 17.5. The van der Waals surface area contributed by atoms with Gasteiger partial charge in [-0.05, 0) is 53.4 Å². The summed E-state index contributed by atoms with van der Waals surface area (Å²) < 4.78 is 29.3. The Labute approximate surface area is 178 Å². The Balaban J connectivity index is 1.72. The Morgan fingerprint density at radius 2 is 1.60 bits per heavy atom. The van der Waals surface area contributed by atoms with Crippen LogP contribution in [0.1, 0.15) is 38.3 Å². The average molecular weight is 426 g/mol. The second-order valence-electron chi connectivity index (χ2n) is 7.33. The number of ether oxygens (including phenoxy) is 1. The highest BCUT2D eigenvalue weighted by atomic mass is 32.2. The molecule has 0 fully saturated rings. The summed E-state index contributed by atoms with van der Waals surface area (Å²) in [4.78, 5) is 13.1. The molecule has 1 N–H and O–H groups in total. The minimum absolute atomic E-state index is 0.190. The van der Waals surface area contributed by atoms with Crippen LogP contribution in [-0.2, 0) is 14.6 Å². The van der Waals surface area contributed by atoms with Gasteiger partial charge in [0.2, 0.25) is 0 Å². The second kappa shape index (κ2) is 9.30. The summed E-state index contributed by atoms with van der Waals surface area (Å²) in [5.74, 6) is 0.464. The summed E-state index contributed by atoms with van der Waals surface area (Å²) in [7, 11) is -3.25. The third-order valence-corrected chi connectivity index (χ3v) is 6.23. The molecule has 0 saturated heterocycles. The molecule has 0 aliphatic carbocycles. The number of carbonyl (C=O) groups is 1. The first-order valence-corrected chi connectivity index (χ1v) is 12.0. The van der Waals surface area contributed by atoms with Crippen LogP contribution in [0, 0.1) is 0 Å². The zero-order chi connectivity index (χ0) is 21.7. The zero-order valence-corrected chi connectivity index (χ0v) is 18.3. The Bertz CT molecular complexity index is 1120. The van der Waals surface area contributed by atoms with Crippen LogP contribution in [0.15, 0.2) is 71.6 Å². The molecule has 0 heterocycles.